The van der Waals surface area contributed by atoms with Crippen molar-refractivity contribution in [3.05, 3.63) is 231 Å². The minimum atomic E-state index is 0.554. The maximum atomic E-state index is 6.54. The third kappa shape index (κ3) is 6.53. The molecule has 4 aromatic heterocycles. The summed E-state index contributed by atoms with van der Waals surface area (Å²) in [6.07, 6.45) is 0. The number of para-hydroxylation sites is 2. The van der Waals surface area contributed by atoms with Crippen molar-refractivity contribution >= 4 is 65.7 Å². The number of hydrogen-bond donors (Lipinski definition) is 0. The van der Waals surface area contributed by atoms with Gasteiger partial charge in [0.15, 0.2) is 17.5 Å². The normalized spacial score (nSPS) is 11.8. The maximum Gasteiger partial charge on any atom is 0.164 e. The first-order chi connectivity index (χ1) is 34.2. The van der Waals surface area contributed by atoms with Gasteiger partial charge in [-0.2, -0.15) is 0 Å². The number of aromatic nitrogens is 4. The molecular formula is C63H38N4O2. The highest BCUT2D eigenvalue weighted by Gasteiger charge is 2.20. The zero-order valence-electron chi connectivity index (χ0n) is 37.0. The van der Waals surface area contributed by atoms with E-state index in [2.05, 4.69) is 180 Å². The molecule has 0 aliphatic carbocycles. The number of rotatable bonds is 7. The van der Waals surface area contributed by atoms with E-state index in [0.29, 0.717) is 17.5 Å². The molecule has 14 aromatic rings. The number of fused-ring (bicyclic) bond motifs is 9. The van der Waals surface area contributed by atoms with Crippen LogP contribution >= 0.6 is 0 Å². The Kier molecular flexibility index (Phi) is 8.79. The Hall–Kier alpha value is -9.39. The van der Waals surface area contributed by atoms with Crippen LogP contribution in [0.1, 0.15) is 0 Å². The van der Waals surface area contributed by atoms with Crippen LogP contribution in [-0.2, 0) is 0 Å². The van der Waals surface area contributed by atoms with Gasteiger partial charge >= 0.3 is 0 Å². The van der Waals surface area contributed by atoms with Crippen molar-refractivity contribution in [2.75, 3.05) is 0 Å². The van der Waals surface area contributed by atoms with E-state index in [1.165, 1.54) is 27.4 Å². The standard InChI is InChI=1S/C63H38N4O2/c1-4-13-39(14-5-1)45-27-31-49-50-32-28-46(38-59(50)69-58(49)37-45)62-64-61(42-15-6-2-7-16-42)65-63(66-62)51-20-12-22-57-60(51)53-36-44(30-34-56(53)68-57)41-25-23-40(24-26-41)43-29-33-55-52(35-43)48-19-10-11-21-54(48)67(55)47-17-8-3-9-18-47/h1-38H. The molecule has 0 fully saturated rings. The lowest BCUT2D eigenvalue weighted by molar-refractivity contribution is 0.668. The van der Waals surface area contributed by atoms with Crippen molar-refractivity contribution in [2.45, 2.75) is 0 Å². The second-order valence-corrected chi connectivity index (χ2v) is 17.6. The Morgan fingerprint density at radius 3 is 1.52 bits per heavy atom. The molecule has 0 N–H and O–H groups in total. The van der Waals surface area contributed by atoms with Gasteiger partial charge in [-0.05, 0) is 106 Å². The molecule has 10 aromatic carbocycles. The van der Waals surface area contributed by atoms with E-state index in [9.17, 15) is 0 Å². The van der Waals surface area contributed by atoms with Gasteiger partial charge in [0.1, 0.15) is 22.3 Å². The Bertz CT molecular complexity index is 4290. The van der Waals surface area contributed by atoms with Crippen molar-refractivity contribution in [1.29, 1.82) is 0 Å². The Labute approximate surface area is 396 Å². The average Bonchev–Trinajstić information content (AvgIpc) is 4.10. The van der Waals surface area contributed by atoms with E-state index in [1.54, 1.807) is 0 Å². The Morgan fingerprint density at radius 1 is 0.275 bits per heavy atom. The summed E-state index contributed by atoms with van der Waals surface area (Å²) in [6, 6.07) is 80.5. The lowest BCUT2D eigenvalue weighted by Crippen LogP contribution is -2.00. The van der Waals surface area contributed by atoms with Gasteiger partial charge in [0.05, 0.1) is 11.0 Å². The largest absolute Gasteiger partial charge is 0.456 e. The van der Waals surface area contributed by atoms with Crippen molar-refractivity contribution in [3.63, 3.8) is 0 Å². The SMILES string of the molecule is c1ccc(-c2ccc3c(c2)oc2cc(-c4nc(-c5ccccc5)nc(-c5cccc6oc7ccc(-c8ccc(-c9ccc%10c(c9)c9ccccc9n%10-c9ccccc9)cc8)cc7c56)n4)ccc23)cc1. The van der Waals surface area contributed by atoms with Crippen LogP contribution in [0.5, 0.6) is 0 Å². The molecule has 0 radical (unpaired) electrons. The molecule has 0 aliphatic rings. The predicted molar refractivity (Wildman–Crippen MR) is 281 cm³/mol. The fraction of sp³-hybridized carbons (Fsp3) is 0. The van der Waals surface area contributed by atoms with Crippen molar-refractivity contribution in [1.82, 2.24) is 19.5 Å². The number of nitrogens with zero attached hydrogens (tertiary/aromatic N) is 4. The highest BCUT2D eigenvalue weighted by atomic mass is 16.3. The fourth-order valence-corrected chi connectivity index (χ4v) is 10.1. The van der Waals surface area contributed by atoms with Crippen molar-refractivity contribution < 1.29 is 8.83 Å². The summed E-state index contributed by atoms with van der Waals surface area (Å²) in [5.41, 5.74) is 16.1. The predicted octanol–water partition coefficient (Wildman–Crippen LogP) is 16.8. The van der Waals surface area contributed by atoms with Gasteiger partial charge in [0.25, 0.3) is 0 Å². The molecule has 0 bridgehead atoms. The molecule has 0 atom stereocenters. The molecule has 69 heavy (non-hydrogen) atoms. The van der Waals surface area contributed by atoms with Crippen molar-refractivity contribution in [2.24, 2.45) is 0 Å². The van der Waals surface area contributed by atoms with Gasteiger partial charge in [-0.3, -0.25) is 0 Å². The van der Waals surface area contributed by atoms with E-state index in [1.807, 2.05) is 54.6 Å². The summed E-state index contributed by atoms with van der Waals surface area (Å²) >= 11 is 0. The average molecular weight is 883 g/mol. The first kappa shape index (κ1) is 38.8. The zero-order chi connectivity index (χ0) is 45.4. The maximum absolute atomic E-state index is 6.54. The fourth-order valence-electron chi connectivity index (χ4n) is 10.1. The summed E-state index contributed by atoms with van der Waals surface area (Å²) in [7, 11) is 0. The minimum absolute atomic E-state index is 0.554. The van der Waals surface area contributed by atoms with E-state index in [4.69, 9.17) is 23.8 Å². The van der Waals surface area contributed by atoms with Crippen molar-refractivity contribution in [3.8, 4) is 73.2 Å². The molecule has 0 saturated heterocycles. The van der Waals surface area contributed by atoms with Gasteiger partial charge in [0, 0.05) is 54.7 Å². The Morgan fingerprint density at radius 2 is 0.783 bits per heavy atom. The Balaban J connectivity index is 0.847. The van der Waals surface area contributed by atoms with E-state index >= 15 is 0 Å². The van der Waals surface area contributed by atoms with Crippen LogP contribution in [0.4, 0.5) is 0 Å². The van der Waals surface area contributed by atoms with Gasteiger partial charge < -0.3 is 13.4 Å². The van der Waals surface area contributed by atoms with Crippen LogP contribution in [0.15, 0.2) is 239 Å². The highest BCUT2D eigenvalue weighted by molar-refractivity contribution is 6.13. The summed E-state index contributed by atoms with van der Waals surface area (Å²) < 4.78 is 15.4. The van der Waals surface area contributed by atoms with Crippen LogP contribution in [0.3, 0.4) is 0 Å². The molecule has 6 heteroatoms. The van der Waals surface area contributed by atoms with Gasteiger partial charge in [0.2, 0.25) is 0 Å². The molecule has 0 saturated carbocycles. The molecule has 4 heterocycles. The molecule has 6 nitrogen and oxygen atoms in total. The second kappa shape index (κ2) is 15.6. The summed E-state index contributed by atoms with van der Waals surface area (Å²) in [5, 5.41) is 6.51. The van der Waals surface area contributed by atoms with Gasteiger partial charge in [-0.1, -0.05) is 158 Å². The van der Waals surface area contributed by atoms with Crippen LogP contribution in [0.2, 0.25) is 0 Å². The topological polar surface area (TPSA) is 69.9 Å². The third-order valence-corrected chi connectivity index (χ3v) is 13.5. The summed E-state index contributed by atoms with van der Waals surface area (Å²) in [5.74, 6) is 1.69. The molecule has 0 spiro atoms. The lowest BCUT2D eigenvalue weighted by atomic mass is 9.97. The van der Waals surface area contributed by atoms with Crippen LogP contribution in [-0.4, -0.2) is 19.5 Å². The monoisotopic (exact) mass is 882 g/mol. The highest BCUT2D eigenvalue weighted by Crippen LogP contribution is 2.41. The minimum Gasteiger partial charge on any atom is -0.456 e. The van der Waals surface area contributed by atoms with Gasteiger partial charge in [-0.25, -0.2) is 15.0 Å². The van der Waals surface area contributed by atoms with E-state index in [-0.39, 0.29) is 0 Å². The van der Waals surface area contributed by atoms with E-state index < -0.39 is 0 Å². The first-order valence-electron chi connectivity index (χ1n) is 23.2. The first-order valence-corrected chi connectivity index (χ1v) is 23.2. The molecule has 322 valence electrons. The smallest absolute Gasteiger partial charge is 0.164 e. The third-order valence-electron chi connectivity index (χ3n) is 13.5. The lowest BCUT2D eigenvalue weighted by Gasteiger charge is -2.10. The van der Waals surface area contributed by atoms with Crippen LogP contribution in [0.25, 0.3) is 139 Å². The van der Waals surface area contributed by atoms with E-state index in [0.717, 1.165) is 94.1 Å². The number of hydrogen-bond acceptors (Lipinski definition) is 5. The van der Waals surface area contributed by atoms with Crippen LogP contribution in [0, 0.1) is 0 Å². The molecular weight excluding hydrogens is 845 g/mol. The molecule has 0 unspecified atom stereocenters. The quantitative estimate of drug-likeness (QED) is 0.159. The zero-order valence-corrected chi connectivity index (χ0v) is 37.0. The molecule has 0 amide bonds. The number of furan rings is 2. The second-order valence-electron chi connectivity index (χ2n) is 17.6. The van der Waals surface area contributed by atoms with Crippen LogP contribution < -0.4 is 0 Å². The number of benzene rings is 10. The van der Waals surface area contributed by atoms with Gasteiger partial charge in [-0.15, -0.1) is 0 Å². The summed E-state index contributed by atoms with van der Waals surface area (Å²) in [6.45, 7) is 0. The molecule has 14 rings (SSSR count). The summed E-state index contributed by atoms with van der Waals surface area (Å²) in [4.78, 5) is 15.4. The molecule has 0 aliphatic heterocycles.